The third kappa shape index (κ3) is 4.36. The average molecular weight is 360 g/mol. The number of carbonyl (C=O) groups excluding carboxylic acids is 1. The van der Waals surface area contributed by atoms with Gasteiger partial charge in [-0.3, -0.25) is 14.3 Å². The third-order valence-corrected chi connectivity index (χ3v) is 4.38. The van der Waals surface area contributed by atoms with E-state index in [1.54, 1.807) is 11.0 Å². The summed E-state index contributed by atoms with van der Waals surface area (Å²) in [6, 6.07) is 4.92. The van der Waals surface area contributed by atoms with E-state index < -0.39 is 6.10 Å². The molecule has 2 aromatic rings. The van der Waals surface area contributed by atoms with Gasteiger partial charge in [0.15, 0.2) is 0 Å². The summed E-state index contributed by atoms with van der Waals surface area (Å²) >= 11 is 0. The van der Waals surface area contributed by atoms with E-state index in [1.807, 2.05) is 29.7 Å². The first kappa shape index (κ1) is 18.3. The second kappa shape index (κ2) is 7.79. The molecular formula is C17H24N6O3. The van der Waals surface area contributed by atoms with Gasteiger partial charge in [0.1, 0.15) is 6.10 Å². The fraction of sp³-hybridized carbons (Fsp3) is 0.529. The number of H-pyrrole nitrogens is 1. The predicted molar refractivity (Wildman–Crippen MR) is 94.3 cm³/mol. The topological polar surface area (TPSA) is 107 Å². The smallest absolute Gasteiger partial charge is 0.264 e. The van der Waals surface area contributed by atoms with Crippen molar-refractivity contribution >= 4 is 5.91 Å². The van der Waals surface area contributed by atoms with E-state index >= 15 is 0 Å². The van der Waals surface area contributed by atoms with E-state index in [9.17, 15) is 14.7 Å². The Hall–Kier alpha value is -2.52. The Bertz CT molecular complexity index is 808. The maximum atomic E-state index is 12.5. The van der Waals surface area contributed by atoms with Crippen LogP contribution >= 0.6 is 0 Å². The van der Waals surface area contributed by atoms with Gasteiger partial charge in [0.05, 0.1) is 30.2 Å². The number of hydrogen-bond donors (Lipinski definition) is 2. The van der Waals surface area contributed by atoms with Crippen molar-refractivity contribution in [1.82, 2.24) is 29.8 Å². The predicted octanol–water partition coefficient (Wildman–Crippen LogP) is -0.464. The Labute approximate surface area is 151 Å². The van der Waals surface area contributed by atoms with Crippen LogP contribution in [0, 0.1) is 0 Å². The molecule has 1 amide bonds. The van der Waals surface area contributed by atoms with Crippen LogP contribution in [-0.4, -0.2) is 68.0 Å². The Morgan fingerprint density at radius 2 is 2.19 bits per heavy atom. The molecule has 0 spiro atoms. The average Bonchev–Trinajstić information content (AvgIpc) is 3.04. The van der Waals surface area contributed by atoms with Crippen molar-refractivity contribution in [3.05, 3.63) is 45.6 Å². The first-order chi connectivity index (χ1) is 12.4. The number of rotatable bonds is 6. The van der Waals surface area contributed by atoms with E-state index in [-0.39, 0.29) is 11.5 Å². The van der Waals surface area contributed by atoms with Crippen LogP contribution < -0.4 is 5.56 Å². The van der Waals surface area contributed by atoms with Gasteiger partial charge >= 0.3 is 0 Å². The summed E-state index contributed by atoms with van der Waals surface area (Å²) < 4.78 is 1.86. The van der Waals surface area contributed by atoms with Crippen molar-refractivity contribution < 1.29 is 9.90 Å². The summed E-state index contributed by atoms with van der Waals surface area (Å²) in [6.45, 7) is 2.20. The number of amides is 1. The van der Waals surface area contributed by atoms with Gasteiger partial charge in [0.25, 0.3) is 5.56 Å². The number of aromatic amines is 1. The van der Waals surface area contributed by atoms with Crippen LogP contribution in [0.5, 0.6) is 0 Å². The van der Waals surface area contributed by atoms with Crippen molar-refractivity contribution in [1.29, 1.82) is 0 Å². The van der Waals surface area contributed by atoms with Gasteiger partial charge in [-0.2, -0.15) is 10.2 Å². The Kier molecular flexibility index (Phi) is 5.48. The van der Waals surface area contributed by atoms with Gasteiger partial charge in [-0.05, 0) is 26.2 Å². The lowest BCUT2D eigenvalue weighted by molar-refractivity contribution is -0.132. The van der Waals surface area contributed by atoms with Crippen LogP contribution in [0.3, 0.4) is 0 Å². The maximum absolute atomic E-state index is 12.5. The number of likely N-dealkylation sites (N-methyl/N-ethyl adjacent to an activating group) is 1. The van der Waals surface area contributed by atoms with Crippen molar-refractivity contribution in [3.8, 4) is 0 Å². The van der Waals surface area contributed by atoms with Gasteiger partial charge in [-0.15, -0.1) is 0 Å². The van der Waals surface area contributed by atoms with Crippen LogP contribution in [0.2, 0.25) is 0 Å². The highest BCUT2D eigenvalue weighted by Crippen LogP contribution is 2.19. The molecule has 0 unspecified atom stereocenters. The minimum atomic E-state index is -0.640. The summed E-state index contributed by atoms with van der Waals surface area (Å²) in [6.07, 6.45) is 0.181. The molecule has 0 radical (unpaired) electrons. The van der Waals surface area contributed by atoms with Crippen molar-refractivity contribution in [2.75, 3.05) is 27.2 Å². The highest BCUT2D eigenvalue weighted by atomic mass is 16.3. The fourth-order valence-electron chi connectivity index (χ4n) is 3.01. The van der Waals surface area contributed by atoms with Crippen LogP contribution in [0.15, 0.2) is 23.0 Å². The number of aromatic nitrogens is 4. The van der Waals surface area contributed by atoms with Crippen LogP contribution in [0.1, 0.15) is 29.6 Å². The molecule has 3 rings (SSSR count). The number of aliphatic hydroxyl groups excluding tert-OH is 1. The molecule has 0 aromatic carbocycles. The van der Waals surface area contributed by atoms with Crippen LogP contribution in [0.25, 0.3) is 0 Å². The summed E-state index contributed by atoms with van der Waals surface area (Å²) in [4.78, 5) is 27.2. The van der Waals surface area contributed by atoms with E-state index in [4.69, 9.17) is 0 Å². The van der Waals surface area contributed by atoms with Gasteiger partial charge < -0.3 is 14.9 Å². The summed E-state index contributed by atoms with van der Waals surface area (Å²) in [5.41, 5.74) is 2.01. The number of nitrogens with zero attached hydrogens (tertiary/aromatic N) is 5. The van der Waals surface area contributed by atoms with Gasteiger partial charge in [0.2, 0.25) is 5.91 Å². The lowest BCUT2D eigenvalue weighted by Crippen LogP contribution is -2.38. The van der Waals surface area contributed by atoms with E-state index in [0.717, 1.165) is 5.69 Å². The summed E-state index contributed by atoms with van der Waals surface area (Å²) in [5, 5.41) is 21.0. The second-order valence-corrected chi connectivity index (χ2v) is 6.79. The number of aliphatic hydroxyl groups is 1. The summed E-state index contributed by atoms with van der Waals surface area (Å²) in [5.74, 6) is 0.0424. The molecule has 0 fully saturated rings. The number of carbonyl (C=O) groups is 1. The number of aryl methyl sites for hydroxylation is 1. The van der Waals surface area contributed by atoms with Crippen molar-refractivity contribution in [2.45, 2.75) is 32.0 Å². The molecule has 0 saturated heterocycles. The lowest BCUT2D eigenvalue weighted by Gasteiger charge is -2.27. The van der Waals surface area contributed by atoms with Gasteiger partial charge in [-0.1, -0.05) is 0 Å². The molecule has 140 valence electrons. The third-order valence-electron chi connectivity index (χ3n) is 4.38. The van der Waals surface area contributed by atoms with E-state index in [2.05, 4.69) is 15.3 Å². The number of fused-ring (bicyclic) bond motifs is 1. The largest absolute Gasteiger partial charge is 0.385 e. The molecule has 1 aliphatic heterocycles. The highest BCUT2D eigenvalue weighted by molar-refractivity contribution is 5.76. The van der Waals surface area contributed by atoms with E-state index in [1.165, 1.54) is 6.07 Å². The Morgan fingerprint density at radius 1 is 1.38 bits per heavy atom. The number of nitrogens with one attached hydrogen (secondary N) is 1. The lowest BCUT2D eigenvalue weighted by atomic mass is 10.2. The molecule has 1 atom stereocenters. The quantitative estimate of drug-likeness (QED) is 0.722. The molecule has 9 nitrogen and oxygen atoms in total. The van der Waals surface area contributed by atoms with Crippen molar-refractivity contribution in [2.24, 2.45) is 0 Å². The molecule has 0 aliphatic carbocycles. The zero-order valence-corrected chi connectivity index (χ0v) is 15.1. The minimum Gasteiger partial charge on any atom is -0.385 e. The Morgan fingerprint density at radius 3 is 2.88 bits per heavy atom. The second-order valence-electron chi connectivity index (χ2n) is 6.79. The standard InChI is InChI=1S/C17H24N6O3/c1-21(2)11-15(24)14-9-13-10-22(7-8-23(13)20-14)17(26)6-4-12-3-5-16(25)19-18-12/h3,5,9,15,24H,4,6-8,10-11H2,1-2H3,(H,19,25)/t15-/m0/s1. The number of hydrogen-bond acceptors (Lipinski definition) is 6. The molecular weight excluding hydrogens is 336 g/mol. The molecule has 0 saturated carbocycles. The molecule has 3 heterocycles. The first-order valence-electron chi connectivity index (χ1n) is 8.64. The molecule has 2 aromatic heterocycles. The summed E-state index contributed by atoms with van der Waals surface area (Å²) in [7, 11) is 3.80. The zero-order valence-electron chi connectivity index (χ0n) is 15.1. The molecule has 1 aliphatic rings. The fourth-order valence-corrected chi connectivity index (χ4v) is 3.01. The van der Waals surface area contributed by atoms with Gasteiger partial charge in [0, 0.05) is 32.0 Å². The Balaban J connectivity index is 1.58. The maximum Gasteiger partial charge on any atom is 0.264 e. The normalized spacial score (nSPS) is 15.2. The van der Waals surface area contributed by atoms with Crippen LogP contribution in [-0.2, 0) is 24.3 Å². The SMILES string of the molecule is CN(C)C[C@H](O)c1cc2n(n1)CCN(C(=O)CCc1ccc(=O)[nH]n1)C2. The zero-order chi connectivity index (χ0) is 18.7. The molecule has 26 heavy (non-hydrogen) atoms. The molecule has 9 heteroatoms. The van der Waals surface area contributed by atoms with E-state index in [0.29, 0.717) is 50.4 Å². The monoisotopic (exact) mass is 360 g/mol. The minimum absolute atomic E-state index is 0.0424. The molecule has 0 bridgehead atoms. The molecule has 2 N–H and O–H groups in total. The van der Waals surface area contributed by atoms with Crippen molar-refractivity contribution in [3.63, 3.8) is 0 Å². The van der Waals surface area contributed by atoms with Crippen LogP contribution in [0.4, 0.5) is 0 Å². The highest BCUT2D eigenvalue weighted by Gasteiger charge is 2.24. The first-order valence-corrected chi connectivity index (χ1v) is 8.64. The van der Waals surface area contributed by atoms with Gasteiger partial charge in [-0.25, -0.2) is 5.10 Å².